The van der Waals surface area contributed by atoms with Crippen molar-refractivity contribution in [2.45, 2.75) is 12.8 Å². The number of benzene rings is 1. The number of ether oxygens (including phenoxy) is 1. The molecule has 0 saturated heterocycles. The summed E-state index contributed by atoms with van der Waals surface area (Å²) in [6.07, 6.45) is 4.63. The van der Waals surface area contributed by atoms with Crippen molar-refractivity contribution in [3.63, 3.8) is 0 Å². The molecule has 0 saturated carbocycles. The molecule has 2 amide bonds. The minimum atomic E-state index is -0.308. The predicted molar refractivity (Wildman–Crippen MR) is 81.4 cm³/mol. The van der Waals surface area contributed by atoms with E-state index in [1.165, 1.54) is 12.2 Å². The number of carbonyl (C=O) groups excluding carboxylic acids is 2. The molecule has 0 atom stereocenters. The van der Waals surface area contributed by atoms with Gasteiger partial charge < -0.3 is 9.64 Å². The van der Waals surface area contributed by atoms with Crippen molar-refractivity contribution >= 4 is 17.5 Å². The van der Waals surface area contributed by atoms with E-state index in [4.69, 9.17) is 4.74 Å². The summed E-state index contributed by atoms with van der Waals surface area (Å²) in [5.74, 6) is 0.130. The average molecular weight is 288 g/mol. The third kappa shape index (κ3) is 4.16. The van der Waals surface area contributed by atoms with E-state index in [1.807, 2.05) is 0 Å². The van der Waals surface area contributed by atoms with Crippen LogP contribution in [0.2, 0.25) is 0 Å². The average Bonchev–Trinajstić information content (AvgIpc) is 2.78. The monoisotopic (exact) mass is 288 g/mol. The van der Waals surface area contributed by atoms with Crippen molar-refractivity contribution in [3.8, 4) is 5.75 Å². The minimum absolute atomic E-state index is 0.308. The molecular weight excluding hydrogens is 268 g/mol. The van der Waals surface area contributed by atoms with Crippen LogP contribution in [0.15, 0.2) is 36.4 Å². The first-order valence-electron chi connectivity index (χ1n) is 7.01. The Balaban J connectivity index is 1.82. The zero-order valence-electron chi connectivity index (χ0n) is 12.4. The van der Waals surface area contributed by atoms with E-state index < -0.39 is 0 Å². The summed E-state index contributed by atoms with van der Waals surface area (Å²) in [5, 5.41) is 0. The molecule has 1 aromatic carbocycles. The van der Waals surface area contributed by atoms with Gasteiger partial charge in [-0.25, -0.2) is 4.90 Å². The molecule has 112 valence electrons. The fraction of sp³-hybridized carbons (Fsp3) is 0.375. The van der Waals surface area contributed by atoms with E-state index in [9.17, 15) is 9.59 Å². The Morgan fingerprint density at radius 3 is 2.19 bits per heavy atom. The summed E-state index contributed by atoms with van der Waals surface area (Å²) in [4.78, 5) is 26.4. The maximum atomic E-state index is 11.6. The molecule has 0 radical (unpaired) electrons. The number of rotatable bonds is 7. The van der Waals surface area contributed by atoms with E-state index in [2.05, 4.69) is 19.0 Å². The summed E-state index contributed by atoms with van der Waals surface area (Å²) < 4.78 is 5.64. The SMILES string of the molecule is CN(C)CCCCOc1ccc(N2C(=O)C=CC2=O)cc1. The normalized spacial score (nSPS) is 14.3. The Morgan fingerprint density at radius 1 is 1.00 bits per heavy atom. The van der Waals surface area contributed by atoms with Crippen LogP contribution in [0.4, 0.5) is 5.69 Å². The molecule has 0 fully saturated rings. The number of hydrogen-bond acceptors (Lipinski definition) is 4. The quantitative estimate of drug-likeness (QED) is 0.567. The maximum absolute atomic E-state index is 11.6. The lowest BCUT2D eigenvalue weighted by molar-refractivity contribution is -0.119. The Hall–Kier alpha value is -2.14. The van der Waals surface area contributed by atoms with Crippen LogP contribution in [0.5, 0.6) is 5.75 Å². The van der Waals surface area contributed by atoms with Gasteiger partial charge in [0.05, 0.1) is 12.3 Å². The third-order valence-corrected chi connectivity index (χ3v) is 3.17. The molecule has 0 aromatic heterocycles. The highest BCUT2D eigenvalue weighted by Crippen LogP contribution is 2.22. The van der Waals surface area contributed by atoms with Gasteiger partial charge in [-0.1, -0.05) is 0 Å². The molecule has 0 N–H and O–H groups in total. The predicted octanol–water partition coefficient (Wildman–Crippen LogP) is 1.84. The minimum Gasteiger partial charge on any atom is -0.494 e. The largest absolute Gasteiger partial charge is 0.494 e. The van der Waals surface area contributed by atoms with E-state index in [1.54, 1.807) is 24.3 Å². The van der Waals surface area contributed by atoms with Gasteiger partial charge in [0.1, 0.15) is 5.75 Å². The fourth-order valence-corrected chi connectivity index (χ4v) is 2.07. The van der Waals surface area contributed by atoms with Gasteiger partial charge in [0, 0.05) is 12.2 Å². The molecular formula is C16H20N2O3. The molecule has 1 heterocycles. The molecule has 0 bridgehead atoms. The molecule has 21 heavy (non-hydrogen) atoms. The van der Waals surface area contributed by atoms with Crippen LogP contribution in [0.1, 0.15) is 12.8 Å². The molecule has 0 aliphatic carbocycles. The van der Waals surface area contributed by atoms with Crippen LogP contribution in [0.25, 0.3) is 0 Å². The third-order valence-electron chi connectivity index (χ3n) is 3.17. The molecule has 1 aliphatic rings. The Kier molecular flexibility index (Phi) is 5.11. The highest BCUT2D eigenvalue weighted by Gasteiger charge is 2.24. The highest BCUT2D eigenvalue weighted by atomic mass is 16.5. The van der Waals surface area contributed by atoms with Gasteiger partial charge in [-0.3, -0.25) is 9.59 Å². The summed E-state index contributed by atoms with van der Waals surface area (Å²) in [5.41, 5.74) is 0.565. The van der Waals surface area contributed by atoms with E-state index in [0.717, 1.165) is 30.0 Å². The lowest BCUT2D eigenvalue weighted by Gasteiger charge is -2.14. The second kappa shape index (κ2) is 7.04. The number of carbonyl (C=O) groups is 2. The Labute approximate surface area is 124 Å². The van der Waals surface area contributed by atoms with Crippen molar-refractivity contribution in [1.29, 1.82) is 0 Å². The first-order valence-corrected chi connectivity index (χ1v) is 7.01. The van der Waals surface area contributed by atoms with Gasteiger partial charge in [0.2, 0.25) is 0 Å². The van der Waals surface area contributed by atoms with Gasteiger partial charge in [0.25, 0.3) is 11.8 Å². The van der Waals surface area contributed by atoms with E-state index in [0.29, 0.717) is 12.3 Å². The molecule has 1 aliphatic heterocycles. The second-order valence-corrected chi connectivity index (χ2v) is 5.20. The molecule has 1 aromatic rings. The van der Waals surface area contributed by atoms with Crippen molar-refractivity contribution in [3.05, 3.63) is 36.4 Å². The van der Waals surface area contributed by atoms with Gasteiger partial charge in [-0.2, -0.15) is 0 Å². The lowest BCUT2D eigenvalue weighted by Crippen LogP contribution is -2.29. The first kappa shape index (κ1) is 15.3. The molecule has 5 nitrogen and oxygen atoms in total. The highest BCUT2D eigenvalue weighted by molar-refractivity contribution is 6.28. The van der Waals surface area contributed by atoms with Crippen molar-refractivity contribution in [2.24, 2.45) is 0 Å². The number of unbranched alkanes of at least 4 members (excludes halogenated alkanes) is 1. The van der Waals surface area contributed by atoms with Crippen LogP contribution in [0.3, 0.4) is 0 Å². The van der Waals surface area contributed by atoms with Crippen LogP contribution in [-0.2, 0) is 9.59 Å². The first-order chi connectivity index (χ1) is 10.1. The van der Waals surface area contributed by atoms with E-state index >= 15 is 0 Å². The zero-order chi connectivity index (χ0) is 15.2. The van der Waals surface area contributed by atoms with Gasteiger partial charge in [-0.15, -0.1) is 0 Å². The molecule has 5 heteroatoms. The number of hydrogen-bond donors (Lipinski definition) is 0. The van der Waals surface area contributed by atoms with Crippen molar-refractivity contribution in [1.82, 2.24) is 4.90 Å². The second-order valence-electron chi connectivity index (χ2n) is 5.20. The summed E-state index contributed by atoms with van der Waals surface area (Å²) in [6.45, 7) is 1.71. The smallest absolute Gasteiger partial charge is 0.258 e. The van der Waals surface area contributed by atoms with Crippen LogP contribution < -0.4 is 9.64 Å². The maximum Gasteiger partial charge on any atom is 0.258 e. The lowest BCUT2D eigenvalue weighted by atomic mass is 10.2. The van der Waals surface area contributed by atoms with Crippen LogP contribution in [-0.4, -0.2) is 44.0 Å². The molecule has 2 rings (SSSR count). The zero-order valence-corrected chi connectivity index (χ0v) is 12.4. The molecule has 0 spiro atoms. The number of nitrogens with zero attached hydrogens (tertiary/aromatic N) is 2. The van der Waals surface area contributed by atoms with Crippen LogP contribution in [0, 0.1) is 0 Å². The van der Waals surface area contributed by atoms with Crippen molar-refractivity contribution < 1.29 is 14.3 Å². The summed E-state index contributed by atoms with van der Waals surface area (Å²) >= 11 is 0. The Morgan fingerprint density at radius 2 is 1.62 bits per heavy atom. The van der Waals surface area contributed by atoms with Gasteiger partial charge in [0.15, 0.2) is 0 Å². The van der Waals surface area contributed by atoms with Crippen molar-refractivity contribution in [2.75, 3.05) is 32.1 Å². The summed E-state index contributed by atoms with van der Waals surface area (Å²) in [6, 6.07) is 7.00. The number of imide groups is 1. The number of anilines is 1. The summed E-state index contributed by atoms with van der Waals surface area (Å²) in [7, 11) is 4.10. The Bertz CT molecular complexity index is 517. The van der Waals surface area contributed by atoms with Gasteiger partial charge in [-0.05, 0) is 57.7 Å². The standard InChI is InChI=1S/C16H20N2O3/c1-17(2)11-3-4-12-21-14-7-5-13(6-8-14)18-15(19)9-10-16(18)20/h5-10H,3-4,11-12H2,1-2H3. The van der Waals surface area contributed by atoms with E-state index in [-0.39, 0.29) is 11.8 Å². The van der Waals surface area contributed by atoms with Gasteiger partial charge >= 0.3 is 0 Å². The number of amides is 2. The topological polar surface area (TPSA) is 49.9 Å². The molecule has 0 unspecified atom stereocenters. The van der Waals surface area contributed by atoms with Crippen LogP contribution >= 0.6 is 0 Å². The fourth-order valence-electron chi connectivity index (χ4n) is 2.07.